The molecule has 2 aromatic carbocycles. The Morgan fingerprint density at radius 3 is 2.52 bits per heavy atom. The molecule has 21 heavy (non-hydrogen) atoms. The third kappa shape index (κ3) is 3.58. The van der Waals surface area contributed by atoms with Crippen LogP contribution in [0.15, 0.2) is 54.6 Å². The van der Waals surface area contributed by atoms with Gasteiger partial charge in [-0.3, -0.25) is 4.90 Å². The second-order valence-corrected chi connectivity index (χ2v) is 6.15. The molecule has 0 radical (unpaired) electrons. The fraction of sp³-hybridized carbons (Fsp3) is 0.333. The molecule has 2 unspecified atom stereocenters. The zero-order chi connectivity index (χ0) is 14.7. The van der Waals surface area contributed by atoms with Crippen molar-refractivity contribution >= 4 is 17.3 Å². The van der Waals surface area contributed by atoms with Crippen molar-refractivity contribution in [3.63, 3.8) is 0 Å². The van der Waals surface area contributed by atoms with Crippen molar-refractivity contribution in [3.05, 3.63) is 65.2 Å². The summed E-state index contributed by atoms with van der Waals surface area (Å²) in [7, 11) is 0. The van der Waals surface area contributed by atoms with Gasteiger partial charge in [0.25, 0.3) is 0 Å². The van der Waals surface area contributed by atoms with Gasteiger partial charge in [0.2, 0.25) is 0 Å². The highest BCUT2D eigenvalue weighted by Gasteiger charge is 2.26. The van der Waals surface area contributed by atoms with Crippen LogP contribution >= 0.6 is 11.6 Å². The van der Waals surface area contributed by atoms with E-state index in [1.807, 2.05) is 12.1 Å². The average molecular weight is 301 g/mol. The van der Waals surface area contributed by atoms with Gasteiger partial charge >= 0.3 is 0 Å². The molecule has 3 heteroatoms. The molecule has 0 amide bonds. The van der Waals surface area contributed by atoms with E-state index in [0.717, 1.165) is 18.1 Å². The fourth-order valence-corrected chi connectivity index (χ4v) is 3.11. The number of nitrogens with zero attached hydrogens (tertiary/aromatic N) is 1. The molecule has 2 aromatic rings. The van der Waals surface area contributed by atoms with Crippen molar-refractivity contribution in [1.29, 1.82) is 0 Å². The lowest BCUT2D eigenvalue weighted by molar-refractivity contribution is 0.261. The van der Waals surface area contributed by atoms with Crippen molar-refractivity contribution in [2.24, 2.45) is 0 Å². The highest BCUT2D eigenvalue weighted by Crippen LogP contribution is 2.26. The van der Waals surface area contributed by atoms with E-state index in [0.29, 0.717) is 12.1 Å². The Bertz CT molecular complexity index is 568. The van der Waals surface area contributed by atoms with Crippen LogP contribution in [-0.2, 0) is 0 Å². The summed E-state index contributed by atoms with van der Waals surface area (Å²) in [4.78, 5) is 2.53. The van der Waals surface area contributed by atoms with Gasteiger partial charge < -0.3 is 5.32 Å². The summed E-state index contributed by atoms with van der Waals surface area (Å²) in [6.07, 6.45) is 1.19. The number of para-hydroxylation sites is 1. The van der Waals surface area contributed by atoms with Gasteiger partial charge in [0.05, 0.1) is 0 Å². The minimum Gasteiger partial charge on any atom is -0.381 e. The lowest BCUT2D eigenvalue weighted by Crippen LogP contribution is -2.28. The Morgan fingerprint density at radius 2 is 1.81 bits per heavy atom. The third-order valence-corrected chi connectivity index (χ3v) is 4.52. The van der Waals surface area contributed by atoms with Crippen LogP contribution in [0.1, 0.15) is 24.9 Å². The molecule has 1 aliphatic rings. The lowest BCUT2D eigenvalue weighted by atomic mass is 10.1. The van der Waals surface area contributed by atoms with Crippen LogP contribution in [-0.4, -0.2) is 24.0 Å². The Balaban J connectivity index is 1.60. The SMILES string of the molecule is CC(c1ccc(Cl)cc1)N1CCC(Nc2ccccc2)C1. The van der Waals surface area contributed by atoms with E-state index >= 15 is 0 Å². The smallest absolute Gasteiger partial charge is 0.0406 e. The van der Waals surface area contributed by atoms with Crippen molar-refractivity contribution in [3.8, 4) is 0 Å². The van der Waals surface area contributed by atoms with Crippen molar-refractivity contribution in [2.75, 3.05) is 18.4 Å². The maximum Gasteiger partial charge on any atom is 0.0406 e. The average Bonchev–Trinajstić information content (AvgIpc) is 2.97. The second kappa shape index (κ2) is 6.50. The molecule has 0 spiro atoms. The fourth-order valence-electron chi connectivity index (χ4n) is 2.98. The number of hydrogen-bond acceptors (Lipinski definition) is 2. The summed E-state index contributed by atoms with van der Waals surface area (Å²) in [5.74, 6) is 0. The molecule has 2 nitrogen and oxygen atoms in total. The molecule has 0 aliphatic carbocycles. The minimum atomic E-state index is 0.435. The Kier molecular flexibility index (Phi) is 4.47. The molecule has 0 aromatic heterocycles. The summed E-state index contributed by atoms with van der Waals surface area (Å²) >= 11 is 5.97. The third-order valence-electron chi connectivity index (χ3n) is 4.26. The van der Waals surface area contributed by atoms with E-state index in [9.17, 15) is 0 Å². The van der Waals surface area contributed by atoms with Crippen LogP contribution < -0.4 is 5.32 Å². The summed E-state index contributed by atoms with van der Waals surface area (Å²) < 4.78 is 0. The number of rotatable bonds is 4. The largest absolute Gasteiger partial charge is 0.381 e. The normalized spacial score (nSPS) is 20.4. The molecule has 1 saturated heterocycles. The summed E-state index contributed by atoms with van der Waals surface area (Å²) in [5.41, 5.74) is 2.54. The maximum absolute atomic E-state index is 5.97. The molecule has 3 rings (SSSR count). The lowest BCUT2D eigenvalue weighted by Gasteiger charge is -2.25. The first-order valence-electron chi connectivity index (χ1n) is 7.53. The Labute approximate surface area is 131 Å². The molecular formula is C18H21ClN2. The molecule has 2 atom stereocenters. The van der Waals surface area contributed by atoms with Crippen LogP contribution in [0.4, 0.5) is 5.69 Å². The zero-order valence-corrected chi connectivity index (χ0v) is 13.1. The van der Waals surface area contributed by atoms with Crippen LogP contribution in [0, 0.1) is 0 Å². The summed E-state index contributed by atoms with van der Waals surface area (Å²) in [5, 5.41) is 4.43. The first kappa shape index (κ1) is 14.4. The topological polar surface area (TPSA) is 15.3 Å². The number of likely N-dealkylation sites (tertiary alicyclic amines) is 1. The molecule has 1 N–H and O–H groups in total. The Morgan fingerprint density at radius 1 is 1.10 bits per heavy atom. The van der Waals surface area contributed by atoms with E-state index in [1.165, 1.54) is 17.7 Å². The predicted octanol–water partition coefficient (Wildman–Crippen LogP) is 4.59. The number of halogens is 1. The summed E-state index contributed by atoms with van der Waals surface area (Å²) in [6.45, 7) is 4.49. The highest BCUT2D eigenvalue weighted by molar-refractivity contribution is 6.30. The predicted molar refractivity (Wildman–Crippen MR) is 89.9 cm³/mol. The second-order valence-electron chi connectivity index (χ2n) is 5.72. The zero-order valence-electron chi connectivity index (χ0n) is 12.3. The van der Waals surface area contributed by atoms with Gasteiger partial charge in [0.1, 0.15) is 0 Å². The molecular weight excluding hydrogens is 280 g/mol. The van der Waals surface area contributed by atoms with Crippen molar-refractivity contribution in [1.82, 2.24) is 4.90 Å². The van der Waals surface area contributed by atoms with Crippen molar-refractivity contribution < 1.29 is 0 Å². The minimum absolute atomic E-state index is 0.435. The van der Waals surface area contributed by atoms with E-state index in [1.54, 1.807) is 0 Å². The van der Waals surface area contributed by atoms with Gasteiger partial charge in [-0.2, -0.15) is 0 Å². The molecule has 1 fully saturated rings. The van der Waals surface area contributed by atoms with Crippen molar-refractivity contribution in [2.45, 2.75) is 25.4 Å². The first-order chi connectivity index (χ1) is 10.2. The highest BCUT2D eigenvalue weighted by atomic mass is 35.5. The van der Waals surface area contributed by atoms with E-state index in [2.05, 4.69) is 59.6 Å². The van der Waals surface area contributed by atoms with Crippen LogP contribution in [0.2, 0.25) is 5.02 Å². The quantitative estimate of drug-likeness (QED) is 0.888. The monoisotopic (exact) mass is 300 g/mol. The number of nitrogens with one attached hydrogen (secondary N) is 1. The van der Waals surface area contributed by atoms with Gasteiger partial charge in [-0.05, 0) is 43.2 Å². The van der Waals surface area contributed by atoms with Gasteiger partial charge in [-0.15, -0.1) is 0 Å². The molecule has 0 bridgehead atoms. The first-order valence-corrected chi connectivity index (χ1v) is 7.91. The standard InChI is InChI=1S/C18H21ClN2/c1-14(15-7-9-16(19)10-8-15)21-12-11-18(13-21)20-17-5-3-2-4-6-17/h2-10,14,18,20H,11-13H2,1H3. The maximum atomic E-state index is 5.97. The number of anilines is 1. The van der Waals surface area contributed by atoms with Crippen LogP contribution in [0.25, 0.3) is 0 Å². The van der Waals surface area contributed by atoms with E-state index < -0.39 is 0 Å². The van der Waals surface area contributed by atoms with E-state index in [-0.39, 0.29) is 0 Å². The van der Waals surface area contributed by atoms with Crippen LogP contribution in [0.3, 0.4) is 0 Å². The molecule has 110 valence electrons. The van der Waals surface area contributed by atoms with E-state index in [4.69, 9.17) is 11.6 Å². The Hall–Kier alpha value is -1.51. The van der Waals surface area contributed by atoms with Gasteiger partial charge in [0, 0.05) is 35.9 Å². The molecule has 1 aliphatic heterocycles. The number of benzene rings is 2. The van der Waals surface area contributed by atoms with Gasteiger partial charge in [-0.25, -0.2) is 0 Å². The van der Waals surface area contributed by atoms with Gasteiger partial charge in [-0.1, -0.05) is 41.9 Å². The summed E-state index contributed by atoms with van der Waals surface area (Å²) in [6, 6.07) is 19.6. The molecule has 1 heterocycles. The number of hydrogen-bond donors (Lipinski definition) is 1. The molecule has 0 saturated carbocycles. The van der Waals surface area contributed by atoms with Gasteiger partial charge in [0.15, 0.2) is 0 Å². The van der Waals surface area contributed by atoms with Crippen LogP contribution in [0.5, 0.6) is 0 Å².